The highest BCUT2D eigenvalue weighted by Gasteiger charge is 2.31. The van der Waals surface area contributed by atoms with Crippen LogP contribution in [-0.4, -0.2) is 35.9 Å². The molecule has 4 rings (SSSR count). The average Bonchev–Trinajstić information content (AvgIpc) is 3.14. The van der Waals surface area contributed by atoms with Gasteiger partial charge in [-0.25, -0.2) is 9.59 Å². The largest absolute Gasteiger partial charge is 0.480 e. The quantitative estimate of drug-likeness (QED) is 0.545. The molecule has 0 spiro atoms. The van der Waals surface area contributed by atoms with Crippen molar-refractivity contribution in [3.8, 4) is 11.1 Å². The van der Waals surface area contributed by atoms with Gasteiger partial charge in [-0.05, 0) is 34.7 Å². The van der Waals surface area contributed by atoms with Crippen LogP contribution in [0.1, 0.15) is 29.5 Å². The SMILES string of the molecule is C[C@H](OCc1ccccc1)[C@H](NC(=O)OCC1c2ccccc2-c2ccccc21)C(=O)O. The summed E-state index contributed by atoms with van der Waals surface area (Å²) in [5, 5.41) is 12.0. The molecule has 0 heterocycles. The fraction of sp³-hybridized carbons (Fsp3) is 0.231. The van der Waals surface area contributed by atoms with Crippen molar-refractivity contribution in [1.82, 2.24) is 5.32 Å². The second kappa shape index (κ2) is 9.66. The van der Waals surface area contributed by atoms with E-state index >= 15 is 0 Å². The van der Waals surface area contributed by atoms with E-state index in [0.717, 1.165) is 27.8 Å². The van der Waals surface area contributed by atoms with Crippen LogP contribution >= 0.6 is 0 Å². The molecule has 1 aliphatic rings. The number of carboxylic acids is 1. The van der Waals surface area contributed by atoms with Gasteiger partial charge < -0.3 is 19.9 Å². The minimum atomic E-state index is -1.23. The highest BCUT2D eigenvalue weighted by atomic mass is 16.6. The van der Waals surface area contributed by atoms with Crippen molar-refractivity contribution in [1.29, 1.82) is 0 Å². The number of nitrogens with one attached hydrogen (secondary N) is 1. The third-order valence-electron chi connectivity index (χ3n) is 5.71. The monoisotopic (exact) mass is 431 g/mol. The van der Waals surface area contributed by atoms with Gasteiger partial charge in [-0.15, -0.1) is 0 Å². The number of aliphatic carboxylic acids is 1. The van der Waals surface area contributed by atoms with Gasteiger partial charge in [0.2, 0.25) is 0 Å². The van der Waals surface area contributed by atoms with Crippen molar-refractivity contribution in [2.75, 3.05) is 6.61 Å². The first kappa shape index (κ1) is 21.6. The Morgan fingerprint density at radius 2 is 1.47 bits per heavy atom. The molecule has 2 N–H and O–H groups in total. The summed E-state index contributed by atoms with van der Waals surface area (Å²) >= 11 is 0. The van der Waals surface area contributed by atoms with Crippen molar-refractivity contribution in [3.05, 3.63) is 95.6 Å². The maximum absolute atomic E-state index is 12.5. The number of carbonyl (C=O) groups excluding carboxylic acids is 1. The van der Waals surface area contributed by atoms with Crippen LogP contribution in [0.4, 0.5) is 4.79 Å². The molecule has 0 aliphatic heterocycles. The molecule has 0 unspecified atom stereocenters. The fourth-order valence-corrected chi connectivity index (χ4v) is 4.05. The number of ether oxygens (including phenoxy) is 2. The molecule has 1 amide bonds. The Balaban J connectivity index is 1.37. The van der Waals surface area contributed by atoms with Gasteiger partial charge in [0.25, 0.3) is 0 Å². The van der Waals surface area contributed by atoms with Crippen LogP contribution < -0.4 is 5.32 Å². The summed E-state index contributed by atoms with van der Waals surface area (Å²) in [5.74, 6) is -1.28. The molecule has 6 heteroatoms. The summed E-state index contributed by atoms with van der Waals surface area (Å²) < 4.78 is 11.1. The summed E-state index contributed by atoms with van der Waals surface area (Å²) in [6.07, 6.45) is -1.53. The lowest BCUT2D eigenvalue weighted by molar-refractivity contribution is -0.143. The van der Waals surface area contributed by atoms with Crippen molar-refractivity contribution < 1.29 is 24.2 Å². The first-order valence-electron chi connectivity index (χ1n) is 10.5. The first-order chi connectivity index (χ1) is 15.5. The molecular weight excluding hydrogens is 406 g/mol. The van der Waals surface area contributed by atoms with Crippen molar-refractivity contribution in [2.45, 2.75) is 31.6 Å². The molecule has 0 saturated carbocycles. The normalized spacial score (nSPS) is 14.2. The summed E-state index contributed by atoms with van der Waals surface area (Å²) in [7, 11) is 0. The van der Waals surface area contributed by atoms with Crippen LogP contribution in [0.5, 0.6) is 0 Å². The van der Waals surface area contributed by atoms with Crippen molar-refractivity contribution >= 4 is 12.1 Å². The summed E-state index contributed by atoms with van der Waals surface area (Å²) in [5.41, 5.74) is 5.36. The van der Waals surface area contributed by atoms with Crippen LogP contribution in [0.25, 0.3) is 11.1 Å². The third kappa shape index (κ3) is 4.65. The van der Waals surface area contributed by atoms with Crippen LogP contribution in [0, 0.1) is 0 Å². The number of benzene rings is 3. The van der Waals surface area contributed by atoms with E-state index in [4.69, 9.17) is 9.47 Å². The van der Waals surface area contributed by atoms with Gasteiger partial charge in [-0.1, -0.05) is 78.9 Å². The molecular formula is C26H25NO5. The Morgan fingerprint density at radius 1 is 0.906 bits per heavy atom. The van der Waals surface area contributed by atoms with E-state index in [1.807, 2.05) is 66.7 Å². The number of alkyl carbamates (subject to hydrolysis) is 1. The number of hydrogen-bond donors (Lipinski definition) is 2. The molecule has 2 atom stereocenters. The lowest BCUT2D eigenvalue weighted by Gasteiger charge is -2.22. The van der Waals surface area contributed by atoms with E-state index < -0.39 is 24.2 Å². The van der Waals surface area contributed by atoms with Crippen molar-refractivity contribution in [2.24, 2.45) is 0 Å². The minimum absolute atomic E-state index is 0.0943. The van der Waals surface area contributed by atoms with Gasteiger partial charge in [0, 0.05) is 5.92 Å². The third-order valence-corrected chi connectivity index (χ3v) is 5.71. The molecule has 0 fully saturated rings. The van der Waals surface area contributed by atoms with E-state index in [1.54, 1.807) is 6.92 Å². The molecule has 6 nitrogen and oxygen atoms in total. The van der Waals surface area contributed by atoms with Crippen LogP contribution in [0.2, 0.25) is 0 Å². The molecule has 0 bridgehead atoms. The molecule has 32 heavy (non-hydrogen) atoms. The number of rotatable bonds is 8. The highest BCUT2D eigenvalue weighted by molar-refractivity contribution is 5.81. The molecule has 1 aliphatic carbocycles. The van der Waals surface area contributed by atoms with Gasteiger partial charge >= 0.3 is 12.1 Å². The topological polar surface area (TPSA) is 84.9 Å². The first-order valence-corrected chi connectivity index (χ1v) is 10.5. The van der Waals surface area contributed by atoms with Gasteiger partial charge in [-0.3, -0.25) is 0 Å². The molecule has 3 aromatic carbocycles. The molecule has 0 saturated heterocycles. The standard InChI is InChI=1S/C26H25NO5/c1-17(31-15-18-9-3-2-4-10-18)24(25(28)29)27-26(30)32-16-23-21-13-7-5-11-19(21)20-12-6-8-14-22(20)23/h2-14,17,23-24H,15-16H2,1H3,(H,27,30)(H,28,29)/t17-,24-/m0/s1. The number of amides is 1. The maximum atomic E-state index is 12.5. The van der Waals surface area contributed by atoms with Crippen LogP contribution in [-0.2, 0) is 20.9 Å². The Morgan fingerprint density at radius 3 is 2.06 bits per heavy atom. The molecule has 3 aromatic rings. The number of carbonyl (C=O) groups is 2. The van der Waals surface area contributed by atoms with Crippen LogP contribution in [0.15, 0.2) is 78.9 Å². The number of carboxylic acid groups (broad SMARTS) is 1. The van der Waals surface area contributed by atoms with E-state index in [0.29, 0.717) is 0 Å². The van der Waals surface area contributed by atoms with Gasteiger partial charge in [0.15, 0.2) is 6.04 Å². The van der Waals surface area contributed by atoms with Gasteiger partial charge in [0.05, 0.1) is 12.7 Å². The van der Waals surface area contributed by atoms with Gasteiger partial charge in [0.1, 0.15) is 6.61 Å². The fourth-order valence-electron chi connectivity index (χ4n) is 4.05. The van der Waals surface area contributed by atoms with E-state index in [1.165, 1.54) is 0 Å². The second-order valence-corrected chi connectivity index (χ2v) is 7.79. The lowest BCUT2D eigenvalue weighted by Crippen LogP contribution is -2.48. The maximum Gasteiger partial charge on any atom is 0.407 e. The molecule has 0 aromatic heterocycles. The Hall–Kier alpha value is -3.64. The predicted octanol–water partition coefficient (Wildman–Crippen LogP) is 4.58. The molecule has 164 valence electrons. The van der Waals surface area contributed by atoms with E-state index in [-0.39, 0.29) is 19.1 Å². The summed E-state index contributed by atoms with van der Waals surface area (Å²) in [6.45, 7) is 1.98. The second-order valence-electron chi connectivity index (χ2n) is 7.79. The van der Waals surface area contributed by atoms with E-state index in [2.05, 4.69) is 17.4 Å². The van der Waals surface area contributed by atoms with Crippen LogP contribution in [0.3, 0.4) is 0 Å². The van der Waals surface area contributed by atoms with Crippen molar-refractivity contribution in [3.63, 3.8) is 0 Å². The average molecular weight is 431 g/mol. The Kier molecular flexibility index (Phi) is 6.52. The summed E-state index contributed by atoms with van der Waals surface area (Å²) in [6, 6.07) is 24.3. The number of hydrogen-bond acceptors (Lipinski definition) is 4. The van der Waals surface area contributed by atoms with Gasteiger partial charge in [-0.2, -0.15) is 0 Å². The zero-order valence-corrected chi connectivity index (χ0v) is 17.7. The lowest BCUT2D eigenvalue weighted by atomic mass is 9.98. The van der Waals surface area contributed by atoms with E-state index in [9.17, 15) is 14.7 Å². The predicted molar refractivity (Wildman–Crippen MR) is 120 cm³/mol. The number of fused-ring (bicyclic) bond motifs is 3. The minimum Gasteiger partial charge on any atom is -0.480 e. The molecule has 0 radical (unpaired) electrons. The smallest absolute Gasteiger partial charge is 0.407 e. The summed E-state index contributed by atoms with van der Waals surface area (Å²) in [4.78, 5) is 24.2. The Labute approximate surface area is 186 Å². The Bertz CT molecular complexity index is 1050. The zero-order valence-electron chi connectivity index (χ0n) is 17.7. The zero-order chi connectivity index (χ0) is 22.5. The highest BCUT2D eigenvalue weighted by Crippen LogP contribution is 2.44.